The van der Waals surface area contributed by atoms with Crippen LogP contribution in [0.25, 0.3) is 5.69 Å². The first kappa shape index (κ1) is 10.7. The highest BCUT2D eigenvalue weighted by atomic mass is 35.5. The number of para-hydroxylation sites is 1. The smallest absolute Gasteiger partial charge is 0.302 e. The number of imidazole rings is 1. The monoisotopic (exact) mass is 236 g/mol. The molecule has 0 amide bonds. The van der Waals surface area contributed by atoms with Gasteiger partial charge in [-0.2, -0.15) is 4.98 Å². The second-order valence-corrected chi connectivity index (χ2v) is 3.42. The van der Waals surface area contributed by atoms with Crippen LogP contribution in [0.1, 0.15) is 10.5 Å². The molecule has 0 radical (unpaired) electrons. The number of carbonyl (C=O) groups is 1. The Morgan fingerprint density at radius 1 is 1.38 bits per heavy atom. The van der Waals surface area contributed by atoms with Crippen molar-refractivity contribution in [2.45, 2.75) is 0 Å². The van der Waals surface area contributed by atoms with Gasteiger partial charge >= 0.3 is 6.01 Å². The second-order valence-electron chi connectivity index (χ2n) is 3.06. The molecule has 4 nitrogen and oxygen atoms in total. The van der Waals surface area contributed by atoms with Crippen molar-refractivity contribution in [3.05, 3.63) is 41.2 Å². The predicted octanol–water partition coefficient (Wildman–Crippen LogP) is 2.35. The molecule has 82 valence electrons. The number of nitrogens with zero attached hydrogens (tertiary/aromatic N) is 2. The van der Waals surface area contributed by atoms with Gasteiger partial charge in [0.2, 0.25) is 0 Å². The number of aromatic nitrogens is 2. The average molecular weight is 237 g/mol. The van der Waals surface area contributed by atoms with Crippen LogP contribution in [-0.2, 0) is 0 Å². The van der Waals surface area contributed by atoms with Crippen LogP contribution in [0, 0.1) is 0 Å². The standard InChI is InChI=1S/C11H9ClN2O2/c1-16-11-13-10(12)9(7-15)14(11)8-5-3-2-4-6-8/h2-7H,1H3. The van der Waals surface area contributed by atoms with E-state index in [1.54, 1.807) is 4.57 Å². The van der Waals surface area contributed by atoms with Crippen LogP contribution in [-0.4, -0.2) is 22.9 Å². The number of benzene rings is 1. The lowest BCUT2D eigenvalue weighted by molar-refractivity contribution is 0.111. The lowest BCUT2D eigenvalue weighted by Gasteiger charge is -2.07. The Labute approximate surface area is 97.4 Å². The Balaban J connectivity index is 2.67. The van der Waals surface area contributed by atoms with Crippen LogP contribution in [0.4, 0.5) is 0 Å². The van der Waals surface area contributed by atoms with Gasteiger partial charge in [-0.05, 0) is 12.1 Å². The van der Waals surface area contributed by atoms with Gasteiger partial charge in [0.15, 0.2) is 11.4 Å². The van der Waals surface area contributed by atoms with Crippen LogP contribution < -0.4 is 4.74 Å². The minimum absolute atomic E-state index is 0.135. The molecule has 0 aliphatic heterocycles. The molecule has 0 bridgehead atoms. The van der Waals surface area contributed by atoms with E-state index in [0.29, 0.717) is 12.3 Å². The summed E-state index contributed by atoms with van der Waals surface area (Å²) in [6.45, 7) is 0. The predicted molar refractivity (Wildman–Crippen MR) is 60.5 cm³/mol. The zero-order valence-corrected chi connectivity index (χ0v) is 9.31. The number of ether oxygens (including phenoxy) is 1. The lowest BCUT2D eigenvalue weighted by Crippen LogP contribution is -2.01. The highest BCUT2D eigenvalue weighted by Gasteiger charge is 2.16. The number of methoxy groups -OCH3 is 1. The zero-order chi connectivity index (χ0) is 11.5. The molecular weight excluding hydrogens is 228 g/mol. The van der Waals surface area contributed by atoms with Gasteiger partial charge in [0.1, 0.15) is 5.69 Å². The largest absolute Gasteiger partial charge is 0.468 e. The maximum atomic E-state index is 10.9. The normalized spacial score (nSPS) is 10.1. The Morgan fingerprint density at radius 3 is 2.62 bits per heavy atom. The van der Waals surface area contributed by atoms with Gasteiger partial charge in [-0.15, -0.1) is 0 Å². The fourth-order valence-corrected chi connectivity index (χ4v) is 1.65. The van der Waals surface area contributed by atoms with Gasteiger partial charge in [-0.25, -0.2) is 0 Å². The molecular formula is C11H9ClN2O2. The first-order valence-electron chi connectivity index (χ1n) is 4.60. The van der Waals surface area contributed by atoms with E-state index in [-0.39, 0.29) is 10.8 Å². The number of hydrogen-bond donors (Lipinski definition) is 0. The Morgan fingerprint density at radius 2 is 2.06 bits per heavy atom. The summed E-state index contributed by atoms with van der Waals surface area (Å²) in [4.78, 5) is 14.9. The average Bonchev–Trinajstić information content (AvgIpc) is 2.66. The molecule has 0 unspecified atom stereocenters. The molecule has 2 aromatic rings. The maximum absolute atomic E-state index is 10.9. The second kappa shape index (κ2) is 4.37. The molecule has 0 saturated heterocycles. The van der Waals surface area contributed by atoms with Crippen LogP contribution in [0.3, 0.4) is 0 Å². The van der Waals surface area contributed by atoms with Gasteiger partial charge in [-0.3, -0.25) is 9.36 Å². The molecule has 1 aromatic heterocycles. The Kier molecular flexibility index (Phi) is 2.92. The van der Waals surface area contributed by atoms with Gasteiger partial charge in [0, 0.05) is 0 Å². The number of halogens is 1. The molecule has 0 fully saturated rings. The van der Waals surface area contributed by atoms with E-state index < -0.39 is 0 Å². The molecule has 16 heavy (non-hydrogen) atoms. The van der Waals surface area contributed by atoms with Crippen molar-refractivity contribution in [2.24, 2.45) is 0 Å². The molecule has 0 aliphatic carbocycles. The van der Waals surface area contributed by atoms with Crippen LogP contribution in [0.5, 0.6) is 6.01 Å². The van der Waals surface area contributed by atoms with Gasteiger partial charge < -0.3 is 4.74 Å². The molecule has 1 heterocycles. The van der Waals surface area contributed by atoms with Crippen molar-refractivity contribution < 1.29 is 9.53 Å². The number of rotatable bonds is 3. The lowest BCUT2D eigenvalue weighted by atomic mass is 10.3. The topological polar surface area (TPSA) is 44.1 Å². The Bertz CT molecular complexity index is 508. The van der Waals surface area contributed by atoms with Crippen molar-refractivity contribution in [2.75, 3.05) is 7.11 Å². The minimum Gasteiger partial charge on any atom is -0.468 e. The fraction of sp³-hybridized carbons (Fsp3) is 0.0909. The van der Waals surface area contributed by atoms with E-state index >= 15 is 0 Å². The van der Waals surface area contributed by atoms with Crippen LogP contribution >= 0.6 is 11.6 Å². The first-order valence-corrected chi connectivity index (χ1v) is 4.98. The third-order valence-corrected chi connectivity index (χ3v) is 2.42. The molecule has 1 aromatic carbocycles. The van der Waals surface area contributed by atoms with Gasteiger partial charge in [0.05, 0.1) is 12.8 Å². The fourth-order valence-electron chi connectivity index (χ4n) is 1.45. The number of hydrogen-bond acceptors (Lipinski definition) is 3. The molecule has 0 atom stereocenters. The molecule has 5 heteroatoms. The van der Waals surface area contributed by atoms with Gasteiger partial charge in [0.25, 0.3) is 0 Å². The van der Waals surface area contributed by atoms with Crippen molar-refractivity contribution in [3.8, 4) is 11.7 Å². The third-order valence-electron chi connectivity index (χ3n) is 2.15. The zero-order valence-electron chi connectivity index (χ0n) is 8.55. The van der Waals surface area contributed by atoms with Crippen LogP contribution in [0.2, 0.25) is 5.15 Å². The summed E-state index contributed by atoms with van der Waals surface area (Å²) in [7, 11) is 1.48. The van der Waals surface area contributed by atoms with E-state index in [1.807, 2.05) is 30.3 Å². The summed E-state index contributed by atoms with van der Waals surface area (Å²) in [6.07, 6.45) is 0.658. The van der Waals surface area contributed by atoms with Crippen molar-refractivity contribution in [3.63, 3.8) is 0 Å². The summed E-state index contributed by atoms with van der Waals surface area (Å²) >= 11 is 5.84. The molecule has 2 rings (SSSR count). The molecule has 0 N–H and O–H groups in total. The summed E-state index contributed by atoms with van der Waals surface area (Å²) in [5, 5.41) is 0.135. The highest BCUT2D eigenvalue weighted by Crippen LogP contribution is 2.25. The molecule has 0 saturated carbocycles. The van der Waals surface area contributed by atoms with Crippen molar-refractivity contribution >= 4 is 17.9 Å². The van der Waals surface area contributed by atoms with Gasteiger partial charge in [-0.1, -0.05) is 29.8 Å². The summed E-state index contributed by atoms with van der Waals surface area (Å²) in [5.41, 5.74) is 1.06. The molecule has 0 aliphatic rings. The van der Waals surface area contributed by atoms with E-state index in [2.05, 4.69) is 4.98 Å². The van der Waals surface area contributed by atoms with Crippen LogP contribution in [0.15, 0.2) is 30.3 Å². The quantitative estimate of drug-likeness (QED) is 0.769. The number of aldehydes is 1. The van der Waals surface area contributed by atoms with E-state index in [4.69, 9.17) is 16.3 Å². The highest BCUT2D eigenvalue weighted by molar-refractivity contribution is 6.31. The summed E-state index contributed by atoms with van der Waals surface area (Å²) < 4.78 is 6.64. The van der Waals surface area contributed by atoms with E-state index in [1.165, 1.54) is 7.11 Å². The maximum Gasteiger partial charge on any atom is 0.302 e. The first-order chi connectivity index (χ1) is 7.77. The van der Waals surface area contributed by atoms with E-state index in [9.17, 15) is 4.79 Å². The number of carbonyl (C=O) groups excluding carboxylic acids is 1. The SMILES string of the molecule is COc1nc(Cl)c(C=O)n1-c1ccccc1. The summed E-state index contributed by atoms with van der Waals surface area (Å²) in [5.74, 6) is 0. The third kappa shape index (κ3) is 1.67. The Hall–Kier alpha value is -1.81. The minimum atomic E-state index is 0.135. The summed E-state index contributed by atoms with van der Waals surface area (Å²) in [6, 6.07) is 9.57. The van der Waals surface area contributed by atoms with E-state index in [0.717, 1.165) is 5.69 Å². The van der Waals surface area contributed by atoms with Crippen molar-refractivity contribution in [1.29, 1.82) is 0 Å². The van der Waals surface area contributed by atoms with Crippen molar-refractivity contribution in [1.82, 2.24) is 9.55 Å². The molecule has 0 spiro atoms.